The van der Waals surface area contributed by atoms with Gasteiger partial charge in [-0.15, -0.1) is 10.2 Å². The van der Waals surface area contributed by atoms with Crippen molar-refractivity contribution in [1.82, 2.24) is 24.4 Å². The minimum atomic E-state index is -5.08. The van der Waals surface area contributed by atoms with E-state index in [1.807, 2.05) is 4.90 Å². The summed E-state index contributed by atoms with van der Waals surface area (Å²) in [5.74, 6) is -4.24. The molecule has 12 nitrogen and oxygen atoms in total. The lowest BCUT2D eigenvalue weighted by atomic mass is 9.86. The topological polar surface area (TPSA) is 158 Å². The van der Waals surface area contributed by atoms with E-state index in [9.17, 15) is 39.6 Å². The smallest absolute Gasteiger partial charge is 0.475 e. The summed E-state index contributed by atoms with van der Waals surface area (Å²) in [5.41, 5.74) is 2.04. The van der Waals surface area contributed by atoms with E-state index < -0.39 is 34.3 Å². The third-order valence-corrected chi connectivity index (χ3v) is 10.5. The zero-order valence-corrected chi connectivity index (χ0v) is 25.6. The molecular weight excluding hydrogens is 676 g/mol. The number of fused-ring (bicyclic) bond motifs is 1. The number of piperazine rings is 1. The number of carbonyl (C=O) groups is 2. The van der Waals surface area contributed by atoms with Crippen LogP contribution in [-0.2, 0) is 19.6 Å². The number of carboxylic acids is 1. The third kappa shape index (κ3) is 9.44. The Morgan fingerprint density at radius 1 is 1.00 bits per heavy atom. The zero-order valence-electron chi connectivity index (χ0n) is 23.1. The molecule has 0 unspecified atom stereocenters. The first-order valence-corrected chi connectivity index (χ1v) is 16.5. The van der Waals surface area contributed by atoms with Crippen LogP contribution in [0.25, 0.3) is 10.2 Å². The molecule has 2 aromatic heterocycles. The highest BCUT2D eigenvalue weighted by atomic mass is 32.2. The standard InChI is InChI=1S/C22H26F3N7O3S3.C2HF3O2/c23-22(24,25)14-1-3-15(4-2-14)27-20-28-17-11-16(5-6-18(17)37-20)38(34,35)32-9-7-31(8-10-32)12-19(33)29-21-30-26-13-36-21;3-2(4,5)1(6)7/h5-6,11,13-15H,1-4,7-10,12H2,(H,27,28)(H,29,30,33);(H,6,7). The summed E-state index contributed by atoms with van der Waals surface area (Å²) in [4.78, 5) is 27.6. The van der Waals surface area contributed by atoms with Crippen molar-refractivity contribution in [2.75, 3.05) is 43.4 Å². The van der Waals surface area contributed by atoms with Gasteiger partial charge in [-0.2, -0.15) is 30.6 Å². The summed E-state index contributed by atoms with van der Waals surface area (Å²) in [5, 5.41) is 21.5. The van der Waals surface area contributed by atoms with Crippen LogP contribution < -0.4 is 10.6 Å². The molecule has 1 saturated carbocycles. The van der Waals surface area contributed by atoms with Gasteiger partial charge in [-0.25, -0.2) is 18.2 Å². The van der Waals surface area contributed by atoms with Crippen LogP contribution in [0.4, 0.5) is 36.6 Å². The lowest BCUT2D eigenvalue weighted by molar-refractivity contribution is -0.192. The van der Waals surface area contributed by atoms with E-state index in [1.54, 1.807) is 12.1 Å². The van der Waals surface area contributed by atoms with Gasteiger partial charge in [0.1, 0.15) is 5.51 Å². The molecule has 3 heterocycles. The molecule has 0 atom stereocenters. The fourth-order valence-corrected chi connectivity index (χ4v) is 7.56. The first kappa shape index (κ1) is 34.7. The number of carboxylic acid groups (broad SMARTS) is 1. The highest BCUT2D eigenvalue weighted by Gasteiger charge is 2.41. The van der Waals surface area contributed by atoms with Crippen LogP contribution in [0, 0.1) is 5.92 Å². The van der Waals surface area contributed by atoms with Gasteiger partial charge in [0.05, 0.1) is 27.6 Å². The highest BCUT2D eigenvalue weighted by Crippen LogP contribution is 2.39. The van der Waals surface area contributed by atoms with Crippen LogP contribution in [-0.4, -0.2) is 101 Å². The van der Waals surface area contributed by atoms with Gasteiger partial charge >= 0.3 is 18.3 Å². The molecule has 3 N–H and O–H groups in total. The summed E-state index contributed by atoms with van der Waals surface area (Å²) >= 11 is 2.57. The summed E-state index contributed by atoms with van der Waals surface area (Å²) in [6.07, 6.45) is -8.22. The van der Waals surface area contributed by atoms with Crippen LogP contribution in [0.15, 0.2) is 28.6 Å². The van der Waals surface area contributed by atoms with E-state index in [-0.39, 0.29) is 49.3 Å². The molecule has 0 radical (unpaired) electrons. The molecule has 1 saturated heterocycles. The predicted molar refractivity (Wildman–Crippen MR) is 152 cm³/mol. The molecule has 1 aliphatic heterocycles. The number of hydrogen-bond donors (Lipinski definition) is 3. The molecular formula is C24H27F6N7O5S3. The van der Waals surface area contributed by atoms with Gasteiger partial charge in [0.15, 0.2) is 5.13 Å². The van der Waals surface area contributed by atoms with Crippen LogP contribution in [0.3, 0.4) is 0 Å². The van der Waals surface area contributed by atoms with Gasteiger partial charge in [0.2, 0.25) is 21.1 Å². The Kier molecular flexibility index (Phi) is 10.9. The Morgan fingerprint density at radius 2 is 1.64 bits per heavy atom. The number of amides is 1. The molecule has 3 aromatic rings. The monoisotopic (exact) mass is 703 g/mol. The second-order valence-electron chi connectivity index (χ2n) is 10.2. The number of aromatic nitrogens is 3. The number of carbonyl (C=O) groups excluding carboxylic acids is 1. The fourth-order valence-electron chi connectivity index (χ4n) is 4.74. The highest BCUT2D eigenvalue weighted by molar-refractivity contribution is 7.89. The Balaban J connectivity index is 0.000000591. The van der Waals surface area contributed by atoms with Crippen molar-refractivity contribution in [2.24, 2.45) is 5.92 Å². The van der Waals surface area contributed by atoms with Crippen molar-refractivity contribution >= 4 is 65.1 Å². The van der Waals surface area contributed by atoms with Crippen molar-refractivity contribution in [3.8, 4) is 0 Å². The maximum absolute atomic E-state index is 13.3. The van der Waals surface area contributed by atoms with Crippen LogP contribution in [0.5, 0.6) is 0 Å². The molecule has 1 aromatic carbocycles. The van der Waals surface area contributed by atoms with Gasteiger partial charge in [-0.05, 0) is 43.9 Å². The van der Waals surface area contributed by atoms with E-state index in [4.69, 9.17) is 9.90 Å². The number of rotatable bonds is 7. The lowest BCUT2D eigenvalue weighted by Crippen LogP contribution is -2.50. The maximum atomic E-state index is 13.3. The van der Waals surface area contributed by atoms with E-state index in [0.29, 0.717) is 41.7 Å². The van der Waals surface area contributed by atoms with Crippen molar-refractivity contribution in [1.29, 1.82) is 0 Å². The summed E-state index contributed by atoms with van der Waals surface area (Å²) in [6.45, 7) is 1.44. The second-order valence-corrected chi connectivity index (χ2v) is 14.0. The van der Waals surface area contributed by atoms with Crippen molar-refractivity contribution < 1.29 is 49.5 Å². The van der Waals surface area contributed by atoms with Gasteiger partial charge < -0.3 is 10.4 Å². The van der Waals surface area contributed by atoms with Gasteiger partial charge in [-0.3, -0.25) is 15.0 Å². The molecule has 5 rings (SSSR count). The van der Waals surface area contributed by atoms with Crippen LogP contribution in [0.1, 0.15) is 25.7 Å². The molecule has 1 aliphatic carbocycles. The number of hydrogen-bond acceptors (Lipinski definition) is 11. The van der Waals surface area contributed by atoms with Crippen LogP contribution in [0.2, 0.25) is 0 Å². The molecule has 248 valence electrons. The number of nitrogens with zero attached hydrogens (tertiary/aromatic N) is 5. The van der Waals surface area contributed by atoms with Gasteiger partial charge in [-0.1, -0.05) is 22.7 Å². The lowest BCUT2D eigenvalue weighted by Gasteiger charge is -2.33. The molecule has 2 aliphatic rings. The minimum absolute atomic E-state index is 0.0889. The molecule has 0 spiro atoms. The van der Waals surface area contributed by atoms with Crippen LogP contribution >= 0.6 is 22.7 Å². The first-order valence-electron chi connectivity index (χ1n) is 13.3. The molecule has 45 heavy (non-hydrogen) atoms. The zero-order chi connectivity index (χ0) is 33.0. The Morgan fingerprint density at radius 3 is 2.20 bits per heavy atom. The quantitative estimate of drug-likeness (QED) is 0.304. The number of halogens is 6. The normalized spacial score (nSPS) is 20.3. The number of anilines is 2. The number of alkyl halides is 6. The van der Waals surface area contributed by atoms with Crippen molar-refractivity contribution in [3.05, 3.63) is 23.7 Å². The largest absolute Gasteiger partial charge is 0.490 e. The van der Waals surface area contributed by atoms with E-state index in [0.717, 1.165) is 4.70 Å². The maximum Gasteiger partial charge on any atom is 0.490 e. The average molecular weight is 704 g/mol. The molecule has 0 bridgehead atoms. The SMILES string of the molecule is O=C(CN1CCN(S(=O)(=O)c2ccc3sc(NC4CCC(C(F)(F)F)CC4)nc3c2)CC1)Nc1nncs1.O=C(O)C(F)(F)F. The summed E-state index contributed by atoms with van der Waals surface area (Å²) in [7, 11) is -3.76. The van der Waals surface area contributed by atoms with E-state index in [2.05, 4.69) is 25.8 Å². The van der Waals surface area contributed by atoms with E-state index >= 15 is 0 Å². The summed E-state index contributed by atoms with van der Waals surface area (Å²) in [6, 6.07) is 4.71. The average Bonchev–Trinajstić information content (AvgIpc) is 3.62. The Bertz CT molecular complexity index is 1570. The van der Waals surface area contributed by atoms with E-state index in [1.165, 1.54) is 38.6 Å². The van der Waals surface area contributed by atoms with Gasteiger partial charge in [0.25, 0.3) is 0 Å². The molecule has 2 fully saturated rings. The number of nitrogens with one attached hydrogen (secondary N) is 2. The van der Waals surface area contributed by atoms with Gasteiger partial charge in [0, 0.05) is 32.2 Å². The Hall–Kier alpha value is -3.14. The number of aliphatic carboxylic acids is 1. The number of benzene rings is 1. The molecule has 21 heteroatoms. The van der Waals surface area contributed by atoms with Crippen molar-refractivity contribution in [3.63, 3.8) is 0 Å². The third-order valence-electron chi connectivity index (χ3n) is 7.06. The Labute approximate surface area is 260 Å². The number of thiazole rings is 1. The minimum Gasteiger partial charge on any atom is -0.475 e. The second kappa shape index (κ2) is 14.1. The van der Waals surface area contributed by atoms with Crippen molar-refractivity contribution in [2.45, 2.75) is 49.0 Å². The summed E-state index contributed by atoms with van der Waals surface area (Å²) < 4.78 is 99.3. The predicted octanol–water partition coefficient (Wildman–Crippen LogP) is 4.26. The first-order chi connectivity index (χ1) is 21.0. The fraction of sp³-hybridized carbons (Fsp3) is 0.542. The number of sulfonamides is 1. The molecule has 1 amide bonds.